The van der Waals surface area contributed by atoms with Crippen LogP contribution < -0.4 is 20.4 Å². The fraction of sp³-hybridized carbons (Fsp3) is 0.385. The van der Waals surface area contributed by atoms with E-state index in [1.54, 1.807) is 24.3 Å². The van der Waals surface area contributed by atoms with Gasteiger partial charge in [-0.15, -0.1) is 12.8 Å². The van der Waals surface area contributed by atoms with Crippen LogP contribution in [-0.2, 0) is 5.41 Å². The van der Waals surface area contributed by atoms with E-state index >= 15 is 0 Å². The average Bonchev–Trinajstić information content (AvgIpc) is 3.12. The summed E-state index contributed by atoms with van der Waals surface area (Å²) in [6.07, 6.45) is 9.54. The number of hydrogen-bond acceptors (Lipinski definition) is 8. The molecule has 0 unspecified atom stereocenters. The fourth-order valence-corrected chi connectivity index (χ4v) is 4.26. The molecular formula is C26H32F2N8. The number of benzene rings is 1. The monoisotopic (exact) mass is 494 g/mol. The summed E-state index contributed by atoms with van der Waals surface area (Å²) in [7, 11) is 1.79. The summed E-state index contributed by atoms with van der Waals surface area (Å²) in [6.45, 7) is 11.0. The molecule has 0 bridgehead atoms. The third kappa shape index (κ3) is 5.15. The molecule has 0 aliphatic carbocycles. The Labute approximate surface area is 211 Å². The number of aromatic nitrogens is 4. The molecule has 0 atom stereocenters. The summed E-state index contributed by atoms with van der Waals surface area (Å²) in [6, 6.07) is 6.25. The highest BCUT2D eigenvalue weighted by atomic mass is 19.2. The van der Waals surface area contributed by atoms with Gasteiger partial charge in [-0.05, 0) is 32.9 Å². The number of aryl methyl sites for hydroxylation is 1. The standard InChI is InChI=1S/C24H30F2N8.C2H2/c1-14(2)34(18-10-15(3)28-12-29-18)13-30-23-31-21(27-6)19-22(32-23)33(11-24(19,4)5)17-9-7-8-16(25)20(17)26;1-2/h7-10,12,14H,11,13H2,1-6H3,(H2,27,30,31,32);1-2H. The number of halogens is 2. The second-order valence-corrected chi connectivity index (χ2v) is 9.30. The van der Waals surface area contributed by atoms with Crippen molar-refractivity contribution in [3.8, 4) is 12.8 Å². The predicted molar refractivity (Wildman–Crippen MR) is 141 cm³/mol. The molecule has 10 heteroatoms. The lowest BCUT2D eigenvalue weighted by atomic mass is 9.88. The van der Waals surface area contributed by atoms with Gasteiger partial charge in [0.2, 0.25) is 5.95 Å². The molecule has 0 saturated carbocycles. The largest absolute Gasteiger partial charge is 0.373 e. The minimum absolute atomic E-state index is 0.150. The number of terminal acetylenes is 1. The highest BCUT2D eigenvalue weighted by Crippen LogP contribution is 2.47. The van der Waals surface area contributed by atoms with Crippen molar-refractivity contribution in [1.82, 2.24) is 19.9 Å². The third-order valence-electron chi connectivity index (χ3n) is 5.95. The van der Waals surface area contributed by atoms with Gasteiger partial charge in [-0.3, -0.25) is 0 Å². The van der Waals surface area contributed by atoms with Crippen LogP contribution in [0, 0.1) is 31.4 Å². The Morgan fingerprint density at radius 2 is 1.89 bits per heavy atom. The van der Waals surface area contributed by atoms with Crippen LogP contribution in [0.4, 0.5) is 37.9 Å². The Kier molecular flexibility index (Phi) is 7.93. The Hall–Kier alpha value is -4.00. The maximum absolute atomic E-state index is 14.7. The summed E-state index contributed by atoms with van der Waals surface area (Å²) in [5, 5.41) is 6.43. The highest BCUT2D eigenvalue weighted by molar-refractivity contribution is 5.76. The number of anilines is 5. The first-order chi connectivity index (χ1) is 17.1. The summed E-state index contributed by atoms with van der Waals surface area (Å²) in [5.74, 6) is 0.567. The molecule has 0 saturated heterocycles. The highest BCUT2D eigenvalue weighted by Gasteiger charge is 2.41. The Morgan fingerprint density at radius 3 is 2.53 bits per heavy atom. The number of fused-ring (bicyclic) bond motifs is 1. The maximum Gasteiger partial charge on any atom is 0.228 e. The van der Waals surface area contributed by atoms with E-state index in [1.165, 1.54) is 6.07 Å². The number of nitrogens with one attached hydrogen (secondary N) is 2. The van der Waals surface area contributed by atoms with E-state index in [9.17, 15) is 8.78 Å². The van der Waals surface area contributed by atoms with Gasteiger partial charge in [0.25, 0.3) is 0 Å². The molecule has 190 valence electrons. The van der Waals surface area contributed by atoms with E-state index in [0.717, 1.165) is 23.1 Å². The van der Waals surface area contributed by atoms with Crippen LogP contribution in [0.25, 0.3) is 0 Å². The SMILES string of the molecule is C#C.CNc1nc(NCN(c2cc(C)ncn2)C(C)C)nc2c1C(C)(C)CN2c1cccc(F)c1F. The topological polar surface area (TPSA) is 82.1 Å². The van der Waals surface area contributed by atoms with Crippen molar-refractivity contribution in [2.75, 3.05) is 40.7 Å². The van der Waals surface area contributed by atoms with Gasteiger partial charge in [0.05, 0.1) is 12.4 Å². The number of hydrogen-bond donors (Lipinski definition) is 2. The molecule has 0 radical (unpaired) electrons. The third-order valence-corrected chi connectivity index (χ3v) is 5.95. The molecule has 0 spiro atoms. The smallest absolute Gasteiger partial charge is 0.228 e. The lowest BCUT2D eigenvalue weighted by Crippen LogP contribution is -2.36. The van der Waals surface area contributed by atoms with Gasteiger partial charge in [-0.25, -0.2) is 18.7 Å². The van der Waals surface area contributed by atoms with Crippen molar-refractivity contribution in [3.63, 3.8) is 0 Å². The number of nitrogens with zero attached hydrogens (tertiary/aromatic N) is 6. The lowest BCUT2D eigenvalue weighted by Gasteiger charge is -2.28. The zero-order valence-corrected chi connectivity index (χ0v) is 21.5. The first-order valence-corrected chi connectivity index (χ1v) is 11.6. The Bertz CT molecular complexity index is 1240. The van der Waals surface area contributed by atoms with Crippen molar-refractivity contribution < 1.29 is 8.78 Å². The summed E-state index contributed by atoms with van der Waals surface area (Å²) in [4.78, 5) is 21.8. The van der Waals surface area contributed by atoms with Gasteiger partial charge in [0, 0.05) is 42.4 Å². The molecule has 1 aliphatic heterocycles. The van der Waals surface area contributed by atoms with E-state index < -0.39 is 11.6 Å². The molecule has 2 aromatic heterocycles. The van der Waals surface area contributed by atoms with Gasteiger partial charge in [0.1, 0.15) is 23.8 Å². The van der Waals surface area contributed by atoms with Crippen molar-refractivity contribution >= 4 is 29.1 Å². The Balaban J connectivity index is 0.00000176. The molecule has 4 rings (SSSR count). The van der Waals surface area contributed by atoms with Crippen LogP contribution in [-0.4, -0.2) is 46.2 Å². The first kappa shape index (κ1) is 26.6. The molecule has 0 amide bonds. The fourth-order valence-electron chi connectivity index (χ4n) is 4.26. The van der Waals surface area contributed by atoms with E-state index in [0.29, 0.717) is 30.8 Å². The molecular weight excluding hydrogens is 462 g/mol. The van der Waals surface area contributed by atoms with Gasteiger partial charge < -0.3 is 20.4 Å². The van der Waals surface area contributed by atoms with E-state index in [2.05, 4.69) is 57.2 Å². The van der Waals surface area contributed by atoms with Crippen molar-refractivity contribution in [2.24, 2.45) is 0 Å². The van der Waals surface area contributed by atoms with Gasteiger partial charge in [0.15, 0.2) is 11.6 Å². The van der Waals surface area contributed by atoms with Crippen molar-refractivity contribution in [2.45, 2.75) is 46.1 Å². The zero-order valence-electron chi connectivity index (χ0n) is 21.5. The van der Waals surface area contributed by atoms with Gasteiger partial charge in [-0.1, -0.05) is 19.9 Å². The van der Waals surface area contributed by atoms with Crippen LogP contribution in [0.5, 0.6) is 0 Å². The van der Waals surface area contributed by atoms with Crippen LogP contribution in [0.1, 0.15) is 39.0 Å². The van der Waals surface area contributed by atoms with Crippen molar-refractivity contribution in [3.05, 3.63) is 53.5 Å². The van der Waals surface area contributed by atoms with Crippen LogP contribution in [0.15, 0.2) is 30.6 Å². The average molecular weight is 495 g/mol. The molecule has 1 aliphatic rings. The molecule has 2 N–H and O–H groups in total. The van der Waals surface area contributed by atoms with Crippen molar-refractivity contribution in [1.29, 1.82) is 0 Å². The second kappa shape index (κ2) is 10.7. The molecule has 0 fully saturated rings. The van der Waals surface area contributed by atoms with Crippen LogP contribution in [0.3, 0.4) is 0 Å². The predicted octanol–water partition coefficient (Wildman–Crippen LogP) is 4.86. The normalized spacial score (nSPS) is 13.6. The molecule has 8 nitrogen and oxygen atoms in total. The maximum atomic E-state index is 14.7. The van der Waals surface area contributed by atoms with Crippen LogP contribution >= 0.6 is 0 Å². The Morgan fingerprint density at radius 1 is 1.17 bits per heavy atom. The minimum Gasteiger partial charge on any atom is -0.373 e. The minimum atomic E-state index is -0.893. The molecule has 3 aromatic rings. The quantitative estimate of drug-likeness (QED) is 0.356. The molecule has 36 heavy (non-hydrogen) atoms. The van der Waals surface area contributed by atoms with Crippen LogP contribution in [0.2, 0.25) is 0 Å². The first-order valence-electron chi connectivity index (χ1n) is 11.6. The lowest BCUT2D eigenvalue weighted by molar-refractivity contribution is 0.505. The van der Waals surface area contributed by atoms with Gasteiger partial charge >= 0.3 is 0 Å². The van der Waals surface area contributed by atoms with Gasteiger partial charge in [-0.2, -0.15) is 9.97 Å². The summed E-state index contributed by atoms with van der Waals surface area (Å²) >= 11 is 0. The molecule has 1 aromatic carbocycles. The zero-order chi connectivity index (χ0) is 26.6. The van der Waals surface area contributed by atoms with E-state index in [1.807, 2.05) is 26.8 Å². The van der Waals surface area contributed by atoms with E-state index in [4.69, 9.17) is 4.98 Å². The number of rotatable bonds is 7. The van der Waals surface area contributed by atoms with E-state index in [-0.39, 0.29) is 17.1 Å². The second-order valence-electron chi connectivity index (χ2n) is 9.30. The molecule has 3 heterocycles. The summed E-state index contributed by atoms with van der Waals surface area (Å²) in [5.41, 5.74) is 1.50. The summed E-state index contributed by atoms with van der Waals surface area (Å²) < 4.78 is 28.8.